The number of fused-ring (bicyclic) bond motifs is 1. The van der Waals surface area contributed by atoms with Gasteiger partial charge in [0.2, 0.25) is 5.91 Å². The van der Waals surface area contributed by atoms with Crippen LogP contribution in [0.1, 0.15) is 5.56 Å². The van der Waals surface area contributed by atoms with Gasteiger partial charge in [-0.05, 0) is 23.8 Å². The average molecular weight is 433 g/mol. The second-order valence-corrected chi connectivity index (χ2v) is 7.94. The van der Waals surface area contributed by atoms with Crippen LogP contribution in [0.3, 0.4) is 0 Å². The SMILES string of the molecule is O=C(Cc1ccccc1)N1CCN(c2ncnc3c2cnn3-c2cccc(Cl)c2)CC1. The molecule has 1 aliphatic rings. The van der Waals surface area contributed by atoms with E-state index in [9.17, 15) is 4.79 Å². The highest BCUT2D eigenvalue weighted by Gasteiger charge is 2.24. The van der Waals surface area contributed by atoms with Crippen LogP contribution in [-0.4, -0.2) is 56.7 Å². The summed E-state index contributed by atoms with van der Waals surface area (Å²) in [5, 5.41) is 6.04. The van der Waals surface area contributed by atoms with Crippen LogP contribution in [0.5, 0.6) is 0 Å². The molecule has 5 rings (SSSR count). The van der Waals surface area contributed by atoms with Crippen LogP contribution in [0.15, 0.2) is 67.1 Å². The van der Waals surface area contributed by atoms with E-state index in [1.807, 2.05) is 59.5 Å². The number of halogens is 1. The molecule has 0 radical (unpaired) electrons. The molecule has 1 aliphatic heterocycles. The van der Waals surface area contributed by atoms with Crippen molar-refractivity contribution in [3.05, 3.63) is 77.7 Å². The molecule has 3 heterocycles. The molecule has 0 saturated carbocycles. The van der Waals surface area contributed by atoms with Crippen molar-refractivity contribution in [3.8, 4) is 5.69 Å². The van der Waals surface area contributed by atoms with Crippen molar-refractivity contribution < 1.29 is 4.79 Å². The summed E-state index contributed by atoms with van der Waals surface area (Å²) in [5.74, 6) is 1.00. The maximum Gasteiger partial charge on any atom is 0.227 e. The lowest BCUT2D eigenvalue weighted by Crippen LogP contribution is -2.49. The predicted molar refractivity (Wildman–Crippen MR) is 121 cm³/mol. The first-order valence-electron chi connectivity index (χ1n) is 10.2. The summed E-state index contributed by atoms with van der Waals surface area (Å²) in [4.78, 5) is 25.8. The van der Waals surface area contributed by atoms with Crippen molar-refractivity contribution in [1.29, 1.82) is 0 Å². The van der Waals surface area contributed by atoms with Gasteiger partial charge in [-0.25, -0.2) is 14.6 Å². The molecule has 1 amide bonds. The van der Waals surface area contributed by atoms with E-state index in [0.717, 1.165) is 41.2 Å². The summed E-state index contributed by atoms with van der Waals surface area (Å²) < 4.78 is 1.77. The van der Waals surface area contributed by atoms with E-state index in [-0.39, 0.29) is 5.91 Å². The molecular formula is C23H21ClN6O. The van der Waals surface area contributed by atoms with Crippen LogP contribution in [-0.2, 0) is 11.2 Å². The van der Waals surface area contributed by atoms with E-state index in [1.165, 1.54) is 0 Å². The number of hydrogen-bond acceptors (Lipinski definition) is 5. The van der Waals surface area contributed by atoms with Gasteiger partial charge in [-0.15, -0.1) is 0 Å². The molecule has 0 bridgehead atoms. The van der Waals surface area contributed by atoms with Gasteiger partial charge in [0.05, 0.1) is 23.7 Å². The monoisotopic (exact) mass is 432 g/mol. The van der Waals surface area contributed by atoms with Gasteiger partial charge in [0, 0.05) is 31.2 Å². The lowest BCUT2D eigenvalue weighted by molar-refractivity contribution is -0.130. The number of nitrogens with zero attached hydrogens (tertiary/aromatic N) is 6. The maximum absolute atomic E-state index is 12.7. The highest BCUT2D eigenvalue weighted by Crippen LogP contribution is 2.26. The summed E-state index contributed by atoms with van der Waals surface area (Å²) >= 11 is 6.14. The van der Waals surface area contributed by atoms with E-state index in [1.54, 1.807) is 17.2 Å². The van der Waals surface area contributed by atoms with Gasteiger partial charge in [0.1, 0.15) is 12.1 Å². The second-order valence-electron chi connectivity index (χ2n) is 7.50. The van der Waals surface area contributed by atoms with Crippen LogP contribution < -0.4 is 4.90 Å². The minimum atomic E-state index is 0.160. The van der Waals surface area contributed by atoms with Crippen LogP contribution >= 0.6 is 11.6 Å². The van der Waals surface area contributed by atoms with Gasteiger partial charge in [-0.2, -0.15) is 5.10 Å². The standard InChI is InChI=1S/C23H21ClN6O/c24-18-7-4-8-19(14-18)30-23-20(15-27-30)22(25-16-26-23)29-11-9-28(10-12-29)21(31)13-17-5-2-1-3-6-17/h1-8,14-16H,9-13H2. The quantitative estimate of drug-likeness (QED) is 0.494. The van der Waals surface area contributed by atoms with E-state index < -0.39 is 0 Å². The third-order valence-electron chi connectivity index (χ3n) is 5.53. The average Bonchev–Trinajstić information content (AvgIpc) is 3.24. The van der Waals surface area contributed by atoms with Gasteiger partial charge in [0.15, 0.2) is 5.65 Å². The summed E-state index contributed by atoms with van der Waals surface area (Å²) in [6.45, 7) is 2.77. The number of amides is 1. The van der Waals surface area contributed by atoms with Gasteiger partial charge >= 0.3 is 0 Å². The third-order valence-corrected chi connectivity index (χ3v) is 5.76. The summed E-state index contributed by atoms with van der Waals surface area (Å²) in [7, 11) is 0. The highest BCUT2D eigenvalue weighted by atomic mass is 35.5. The molecule has 2 aromatic heterocycles. The number of carbonyl (C=O) groups excluding carboxylic acids is 1. The first kappa shape index (κ1) is 19.5. The zero-order valence-corrected chi connectivity index (χ0v) is 17.6. The molecule has 31 heavy (non-hydrogen) atoms. The van der Waals surface area contributed by atoms with Crippen LogP contribution in [0.2, 0.25) is 5.02 Å². The van der Waals surface area contributed by atoms with Crippen molar-refractivity contribution in [3.63, 3.8) is 0 Å². The molecule has 7 nitrogen and oxygen atoms in total. The minimum Gasteiger partial charge on any atom is -0.352 e. The van der Waals surface area contributed by atoms with E-state index in [0.29, 0.717) is 24.5 Å². The smallest absolute Gasteiger partial charge is 0.227 e. The Hall–Kier alpha value is -3.45. The van der Waals surface area contributed by atoms with Crippen LogP contribution in [0, 0.1) is 0 Å². The number of hydrogen-bond donors (Lipinski definition) is 0. The molecule has 0 aliphatic carbocycles. The number of aromatic nitrogens is 4. The topological polar surface area (TPSA) is 67.2 Å². The molecule has 2 aromatic carbocycles. The first-order chi connectivity index (χ1) is 15.2. The molecule has 156 valence electrons. The molecule has 0 N–H and O–H groups in total. The Labute approximate surface area is 184 Å². The van der Waals surface area contributed by atoms with Gasteiger partial charge in [0.25, 0.3) is 0 Å². The summed E-state index contributed by atoms with van der Waals surface area (Å²) in [6, 6.07) is 17.4. The van der Waals surface area contributed by atoms with Crippen LogP contribution in [0.25, 0.3) is 16.7 Å². The normalized spacial score (nSPS) is 14.2. The highest BCUT2D eigenvalue weighted by molar-refractivity contribution is 6.30. The van der Waals surface area contributed by atoms with Gasteiger partial charge in [-0.3, -0.25) is 4.79 Å². The van der Waals surface area contributed by atoms with E-state index >= 15 is 0 Å². The third kappa shape index (κ3) is 3.96. The predicted octanol–water partition coefficient (Wildman–Crippen LogP) is 3.36. The molecule has 4 aromatic rings. The minimum absolute atomic E-state index is 0.160. The molecule has 0 spiro atoms. The van der Waals surface area contributed by atoms with E-state index in [2.05, 4.69) is 20.0 Å². The van der Waals surface area contributed by atoms with Gasteiger partial charge in [-0.1, -0.05) is 48.0 Å². The molecule has 1 fully saturated rings. The fourth-order valence-electron chi connectivity index (χ4n) is 3.93. The largest absolute Gasteiger partial charge is 0.352 e. The van der Waals surface area contributed by atoms with Crippen LogP contribution in [0.4, 0.5) is 5.82 Å². The number of carbonyl (C=O) groups is 1. The molecule has 0 unspecified atom stereocenters. The van der Waals surface area contributed by atoms with Crippen molar-refractivity contribution in [2.45, 2.75) is 6.42 Å². The van der Waals surface area contributed by atoms with Crippen molar-refractivity contribution >= 4 is 34.4 Å². The lowest BCUT2D eigenvalue weighted by Gasteiger charge is -2.35. The lowest BCUT2D eigenvalue weighted by atomic mass is 10.1. The fraction of sp³-hybridized carbons (Fsp3) is 0.217. The zero-order chi connectivity index (χ0) is 21.2. The fourth-order valence-corrected chi connectivity index (χ4v) is 4.12. The summed E-state index contributed by atoms with van der Waals surface area (Å²) in [5.41, 5.74) is 2.62. The number of rotatable bonds is 4. The first-order valence-corrected chi connectivity index (χ1v) is 10.6. The molecule has 1 saturated heterocycles. The Morgan fingerprint density at radius 2 is 1.77 bits per heavy atom. The molecule has 8 heteroatoms. The number of anilines is 1. The molecular weight excluding hydrogens is 412 g/mol. The zero-order valence-electron chi connectivity index (χ0n) is 16.9. The summed E-state index contributed by atoms with van der Waals surface area (Å²) in [6.07, 6.45) is 3.79. The molecule has 0 atom stereocenters. The Morgan fingerprint density at radius 3 is 2.55 bits per heavy atom. The number of benzene rings is 2. The Kier molecular flexibility index (Phi) is 5.26. The second kappa shape index (κ2) is 8.35. The maximum atomic E-state index is 12.7. The van der Waals surface area contributed by atoms with Crippen molar-refractivity contribution in [2.24, 2.45) is 0 Å². The van der Waals surface area contributed by atoms with Crippen molar-refractivity contribution in [1.82, 2.24) is 24.6 Å². The van der Waals surface area contributed by atoms with E-state index in [4.69, 9.17) is 11.6 Å². The number of piperazine rings is 1. The Balaban J connectivity index is 1.33. The Morgan fingerprint density at radius 1 is 0.968 bits per heavy atom. The Bertz CT molecular complexity index is 1220. The van der Waals surface area contributed by atoms with Crippen molar-refractivity contribution in [2.75, 3.05) is 31.1 Å². The van der Waals surface area contributed by atoms with Gasteiger partial charge < -0.3 is 9.80 Å².